The minimum Gasteiger partial charge on any atom is -0.497 e. The summed E-state index contributed by atoms with van der Waals surface area (Å²) in [4.78, 5) is 22.0. The third-order valence-corrected chi connectivity index (χ3v) is 2.27. The number of aldehydes is 1. The van der Waals surface area contributed by atoms with Gasteiger partial charge >= 0.3 is 0 Å². The molecular formula is C10H9NO3. The van der Waals surface area contributed by atoms with Crippen molar-refractivity contribution in [2.24, 2.45) is 0 Å². The van der Waals surface area contributed by atoms with Gasteiger partial charge in [-0.1, -0.05) is 0 Å². The Kier molecular flexibility index (Phi) is 1.96. The van der Waals surface area contributed by atoms with Gasteiger partial charge in [0.1, 0.15) is 18.0 Å². The van der Waals surface area contributed by atoms with Gasteiger partial charge < -0.3 is 14.8 Å². The summed E-state index contributed by atoms with van der Waals surface area (Å²) in [5.41, 5.74) is 1.37. The van der Waals surface area contributed by atoms with Crippen LogP contribution in [0.5, 0.6) is 5.75 Å². The lowest BCUT2D eigenvalue weighted by molar-refractivity contribution is -0.121. The Hall–Kier alpha value is -1.84. The van der Waals surface area contributed by atoms with Crippen LogP contribution in [0.15, 0.2) is 18.2 Å². The zero-order valence-corrected chi connectivity index (χ0v) is 7.61. The number of carbonyl (C=O) groups excluding carboxylic acids is 2. The number of amides is 1. The van der Waals surface area contributed by atoms with Gasteiger partial charge in [-0.2, -0.15) is 0 Å². The highest BCUT2D eigenvalue weighted by atomic mass is 16.5. The quantitative estimate of drug-likeness (QED) is 0.558. The van der Waals surface area contributed by atoms with Crippen LogP contribution in [0.4, 0.5) is 5.69 Å². The number of methoxy groups -OCH3 is 1. The van der Waals surface area contributed by atoms with Crippen molar-refractivity contribution in [1.29, 1.82) is 0 Å². The molecule has 1 N–H and O–H groups in total. The first-order valence-electron chi connectivity index (χ1n) is 4.20. The number of benzene rings is 1. The number of carbonyl (C=O) groups is 2. The van der Waals surface area contributed by atoms with Crippen molar-refractivity contribution < 1.29 is 14.3 Å². The largest absolute Gasteiger partial charge is 0.497 e. The molecule has 0 saturated carbocycles. The van der Waals surface area contributed by atoms with E-state index in [0.717, 1.165) is 0 Å². The lowest BCUT2D eigenvalue weighted by atomic mass is 10.0. The predicted octanol–water partition coefficient (Wildman–Crippen LogP) is 0.930. The van der Waals surface area contributed by atoms with E-state index in [4.69, 9.17) is 4.74 Å². The minimum atomic E-state index is -0.694. The molecule has 2 rings (SSSR count). The van der Waals surface area contributed by atoms with E-state index in [1.165, 1.54) is 0 Å². The van der Waals surface area contributed by atoms with Gasteiger partial charge in [0.25, 0.3) is 0 Å². The second kappa shape index (κ2) is 3.14. The molecule has 0 aromatic heterocycles. The number of rotatable bonds is 2. The summed E-state index contributed by atoms with van der Waals surface area (Å²) in [6.07, 6.45) is 0.639. The van der Waals surface area contributed by atoms with Crippen molar-refractivity contribution in [3.63, 3.8) is 0 Å². The van der Waals surface area contributed by atoms with E-state index in [-0.39, 0.29) is 5.91 Å². The highest BCUT2D eigenvalue weighted by Crippen LogP contribution is 2.33. The van der Waals surface area contributed by atoms with E-state index in [1.54, 1.807) is 25.3 Å². The van der Waals surface area contributed by atoms with Gasteiger partial charge in [0, 0.05) is 5.69 Å². The monoisotopic (exact) mass is 191 g/mol. The Balaban J connectivity index is 2.49. The van der Waals surface area contributed by atoms with Gasteiger partial charge in [0.2, 0.25) is 5.91 Å². The first-order valence-corrected chi connectivity index (χ1v) is 4.20. The maximum Gasteiger partial charge on any atom is 0.239 e. The van der Waals surface area contributed by atoms with Crippen molar-refractivity contribution in [2.75, 3.05) is 12.4 Å². The van der Waals surface area contributed by atoms with Gasteiger partial charge in [0.15, 0.2) is 0 Å². The standard InChI is InChI=1S/C10H9NO3/c1-14-6-2-3-9-7(4-6)8(5-12)10(13)11-9/h2-5,8H,1H3,(H,11,13). The normalized spacial score (nSPS) is 18.6. The van der Waals surface area contributed by atoms with Crippen LogP contribution in [0.1, 0.15) is 11.5 Å². The Morgan fingerprint density at radius 3 is 2.93 bits per heavy atom. The molecule has 1 aliphatic heterocycles. The summed E-state index contributed by atoms with van der Waals surface area (Å²) in [6.45, 7) is 0. The third-order valence-electron chi connectivity index (χ3n) is 2.27. The molecular weight excluding hydrogens is 182 g/mol. The molecule has 4 nitrogen and oxygen atoms in total. The molecule has 4 heteroatoms. The first kappa shape index (κ1) is 8.74. The predicted molar refractivity (Wildman–Crippen MR) is 50.4 cm³/mol. The molecule has 0 bridgehead atoms. The van der Waals surface area contributed by atoms with Crippen LogP contribution in [0.25, 0.3) is 0 Å². The van der Waals surface area contributed by atoms with Crippen molar-refractivity contribution in [3.8, 4) is 5.75 Å². The Morgan fingerprint density at radius 2 is 2.29 bits per heavy atom. The summed E-state index contributed by atoms with van der Waals surface area (Å²) in [5, 5.41) is 2.62. The summed E-state index contributed by atoms with van der Waals surface area (Å²) in [5.74, 6) is -0.324. The van der Waals surface area contributed by atoms with Crippen LogP contribution >= 0.6 is 0 Å². The molecule has 1 aromatic carbocycles. The number of nitrogens with one attached hydrogen (secondary N) is 1. The summed E-state index contributed by atoms with van der Waals surface area (Å²) >= 11 is 0. The fraction of sp³-hybridized carbons (Fsp3) is 0.200. The molecule has 0 radical (unpaired) electrons. The molecule has 1 aliphatic rings. The van der Waals surface area contributed by atoms with Crippen LogP contribution in [-0.4, -0.2) is 19.3 Å². The number of fused-ring (bicyclic) bond motifs is 1. The maximum atomic E-state index is 11.3. The fourth-order valence-corrected chi connectivity index (χ4v) is 1.53. The molecule has 1 atom stereocenters. The van der Waals surface area contributed by atoms with Crippen molar-refractivity contribution >= 4 is 17.9 Å². The molecule has 0 aliphatic carbocycles. The second-order valence-electron chi connectivity index (χ2n) is 3.06. The fourth-order valence-electron chi connectivity index (χ4n) is 1.53. The van der Waals surface area contributed by atoms with Gasteiger partial charge in [-0.15, -0.1) is 0 Å². The van der Waals surface area contributed by atoms with Crippen molar-refractivity contribution in [1.82, 2.24) is 0 Å². The SMILES string of the molecule is COc1ccc2c(c1)C(C=O)C(=O)N2. The zero-order valence-electron chi connectivity index (χ0n) is 7.61. The van der Waals surface area contributed by atoms with Crippen LogP contribution < -0.4 is 10.1 Å². The van der Waals surface area contributed by atoms with Crippen molar-refractivity contribution in [2.45, 2.75) is 5.92 Å². The summed E-state index contributed by atoms with van der Waals surface area (Å²) < 4.78 is 5.01. The molecule has 1 unspecified atom stereocenters. The second-order valence-corrected chi connectivity index (χ2v) is 3.06. The van der Waals surface area contributed by atoms with E-state index < -0.39 is 5.92 Å². The van der Waals surface area contributed by atoms with Gasteiger partial charge in [0.05, 0.1) is 7.11 Å². The molecule has 72 valence electrons. The highest BCUT2D eigenvalue weighted by Gasteiger charge is 2.30. The third kappa shape index (κ3) is 1.16. The first-order chi connectivity index (χ1) is 6.76. The van der Waals surface area contributed by atoms with E-state index in [1.807, 2.05) is 0 Å². The van der Waals surface area contributed by atoms with E-state index in [2.05, 4.69) is 5.32 Å². The molecule has 1 aromatic rings. The number of hydrogen-bond acceptors (Lipinski definition) is 3. The number of anilines is 1. The van der Waals surface area contributed by atoms with Crippen LogP contribution in [0.3, 0.4) is 0 Å². The lowest BCUT2D eigenvalue weighted by Crippen LogP contribution is -2.12. The lowest BCUT2D eigenvalue weighted by Gasteiger charge is -2.03. The molecule has 14 heavy (non-hydrogen) atoms. The average Bonchev–Trinajstić information content (AvgIpc) is 2.52. The number of hydrogen-bond donors (Lipinski definition) is 1. The van der Waals surface area contributed by atoms with E-state index in [0.29, 0.717) is 23.3 Å². The molecule has 0 fully saturated rings. The average molecular weight is 191 g/mol. The van der Waals surface area contributed by atoms with E-state index in [9.17, 15) is 9.59 Å². The van der Waals surface area contributed by atoms with Crippen LogP contribution in [0.2, 0.25) is 0 Å². The molecule has 0 spiro atoms. The summed E-state index contributed by atoms with van der Waals surface area (Å²) in [7, 11) is 1.54. The van der Waals surface area contributed by atoms with Crippen LogP contribution in [-0.2, 0) is 9.59 Å². The highest BCUT2D eigenvalue weighted by molar-refractivity contribution is 6.11. The zero-order chi connectivity index (χ0) is 10.1. The van der Waals surface area contributed by atoms with Gasteiger partial charge in [-0.3, -0.25) is 4.79 Å². The topological polar surface area (TPSA) is 55.4 Å². The van der Waals surface area contributed by atoms with Gasteiger partial charge in [-0.25, -0.2) is 0 Å². The molecule has 1 heterocycles. The summed E-state index contributed by atoms with van der Waals surface area (Å²) in [6, 6.07) is 5.17. The Bertz CT molecular complexity index is 400. The Morgan fingerprint density at radius 1 is 1.50 bits per heavy atom. The minimum absolute atomic E-state index is 0.275. The smallest absolute Gasteiger partial charge is 0.239 e. The maximum absolute atomic E-state index is 11.3. The van der Waals surface area contributed by atoms with Crippen LogP contribution in [0, 0.1) is 0 Å². The number of ether oxygens (including phenoxy) is 1. The van der Waals surface area contributed by atoms with E-state index >= 15 is 0 Å². The Labute approximate surface area is 80.9 Å². The van der Waals surface area contributed by atoms with Crippen molar-refractivity contribution in [3.05, 3.63) is 23.8 Å². The van der Waals surface area contributed by atoms with Gasteiger partial charge in [-0.05, 0) is 23.8 Å². The molecule has 0 saturated heterocycles. The molecule has 1 amide bonds.